The first-order valence-electron chi connectivity index (χ1n) is 8.00. The fourth-order valence-electron chi connectivity index (χ4n) is 2.95. The molecule has 0 bridgehead atoms. The van der Waals surface area contributed by atoms with E-state index < -0.39 is 11.9 Å². The Labute approximate surface area is 160 Å². The van der Waals surface area contributed by atoms with Gasteiger partial charge in [0, 0.05) is 17.5 Å². The molecule has 136 valence electrons. The number of hydrogen-bond acceptors (Lipinski definition) is 4. The number of hydrogen-bond donors (Lipinski definition) is 1. The minimum atomic E-state index is -0.896. The van der Waals surface area contributed by atoms with Crippen molar-refractivity contribution in [1.82, 2.24) is 14.8 Å². The average molecular weight is 384 g/mol. The number of rotatable bonds is 4. The third-order valence-electron chi connectivity index (χ3n) is 4.25. The Kier molecular flexibility index (Phi) is 4.93. The molecule has 2 heterocycles. The second-order valence-electron chi connectivity index (χ2n) is 6.06. The lowest BCUT2D eigenvalue weighted by atomic mass is 10.0. The Hall–Kier alpha value is -3.24. The first-order chi connectivity index (χ1) is 12.8. The Bertz CT molecular complexity index is 1100. The van der Waals surface area contributed by atoms with Crippen molar-refractivity contribution in [3.63, 3.8) is 0 Å². The largest absolute Gasteiger partial charge is 0.365 e. The van der Waals surface area contributed by atoms with E-state index >= 15 is 0 Å². The minimum absolute atomic E-state index is 0.256. The Morgan fingerprint density at radius 1 is 1.37 bits per heavy atom. The molecule has 0 saturated carbocycles. The van der Waals surface area contributed by atoms with E-state index in [0.29, 0.717) is 22.7 Å². The van der Waals surface area contributed by atoms with Gasteiger partial charge < -0.3 is 5.73 Å². The number of aromatic nitrogens is 3. The molecule has 0 spiro atoms. The number of pyridine rings is 1. The molecule has 1 amide bonds. The van der Waals surface area contributed by atoms with Crippen LogP contribution in [0.2, 0.25) is 5.02 Å². The number of nitriles is 1. The van der Waals surface area contributed by atoms with Crippen molar-refractivity contribution in [3.05, 3.63) is 69.5 Å². The zero-order valence-corrected chi connectivity index (χ0v) is 15.4. The highest BCUT2D eigenvalue weighted by atomic mass is 35.5. The van der Waals surface area contributed by atoms with Crippen LogP contribution in [0.25, 0.3) is 11.1 Å². The zero-order chi connectivity index (χ0) is 19.7. The summed E-state index contributed by atoms with van der Waals surface area (Å²) in [4.78, 5) is 14.9. The normalized spacial score (nSPS) is 10.6. The molecule has 0 saturated heterocycles. The minimum Gasteiger partial charge on any atom is -0.365 e. The monoisotopic (exact) mass is 383 g/mol. The lowest BCUT2D eigenvalue weighted by Gasteiger charge is -2.08. The maximum Gasteiger partial charge on any atom is 0.253 e. The standard InChI is InChI=1S/C19H15ClFN5O/c1-10-17(13-3-4-14(7-22)16(20)6-13)11(2)26(25-10)9-12-5-15(19(23)27)18(21)24-8-12/h3-6,8H,9H2,1-2H3,(H2,23,27). The van der Waals surface area contributed by atoms with Crippen LogP contribution in [0.1, 0.15) is 32.9 Å². The number of halogens is 2. The Morgan fingerprint density at radius 3 is 2.74 bits per heavy atom. The lowest BCUT2D eigenvalue weighted by molar-refractivity contribution is 0.0995. The van der Waals surface area contributed by atoms with Gasteiger partial charge in [0.1, 0.15) is 6.07 Å². The van der Waals surface area contributed by atoms with E-state index in [0.717, 1.165) is 22.5 Å². The molecule has 3 rings (SSSR count). The van der Waals surface area contributed by atoms with Gasteiger partial charge in [-0.15, -0.1) is 0 Å². The van der Waals surface area contributed by atoms with Crippen LogP contribution in [0.15, 0.2) is 30.5 Å². The number of carbonyl (C=O) groups excluding carboxylic acids is 1. The topological polar surface area (TPSA) is 97.6 Å². The number of benzene rings is 1. The van der Waals surface area contributed by atoms with Crippen molar-refractivity contribution in [2.45, 2.75) is 20.4 Å². The molecule has 8 heteroatoms. The molecule has 0 radical (unpaired) electrons. The number of carbonyl (C=O) groups is 1. The van der Waals surface area contributed by atoms with E-state index in [2.05, 4.69) is 10.1 Å². The second-order valence-corrected chi connectivity index (χ2v) is 6.46. The van der Waals surface area contributed by atoms with Crippen LogP contribution < -0.4 is 5.73 Å². The van der Waals surface area contributed by atoms with Crippen LogP contribution in [-0.4, -0.2) is 20.7 Å². The van der Waals surface area contributed by atoms with Crippen molar-refractivity contribution >= 4 is 17.5 Å². The molecule has 0 aliphatic rings. The van der Waals surface area contributed by atoms with E-state index in [1.54, 1.807) is 16.8 Å². The molecule has 27 heavy (non-hydrogen) atoms. The van der Waals surface area contributed by atoms with Crippen molar-refractivity contribution in [3.8, 4) is 17.2 Å². The van der Waals surface area contributed by atoms with Crippen LogP contribution in [0.5, 0.6) is 0 Å². The van der Waals surface area contributed by atoms with E-state index in [4.69, 9.17) is 22.6 Å². The number of aryl methyl sites for hydroxylation is 1. The quantitative estimate of drug-likeness (QED) is 0.698. The van der Waals surface area contributed by atoms with Gasteiger partial charge in [-0.25, -0.2) is 4.98 Å². The summed E-state index contributed by atoms with van der Waals surface area (Å²) in [6.45, 7) is 4.06. The molecule has 2 N–H and O–H groups in total. The van der Waals surface area contributed by atoms with Gasteiger partial charge in [-0.1, -0.05) is 17.7 Å². The molecule has 0 unspecified atom stereocenters. The van der Waals surface area contributed by atoms with Gasteiger partial charge in [-0.05, 0) is 43.2 Å². The predicted molar refractivity (Wildman–Crippen MR) is 98.7 cm³/mol. The molecule has 1 aromatic carbocycles. The summed E-state index contributed by atoms with van der Waals surface area (Å²) < 4.78 is 15.3. The Morgan fingerprint density at radius 2 is 2.11 bits per heavy atom. The van der Waals surface area contributed by atoms with Gasteiger partial charge in [0.25, 0.3) is 5.91 Å². The summed E-state index contributed by atoms with van der Waals surface area (Å²) in [5.41, 5.74) is 9.29. The molecular formula is C19H15ClFN5O. The average Bonchev–Trinajstić information content (AvgIpc) is 2.89. The number of nitrogens with two attached hydrogens (primary N) is 1. The molecule has 3 aromatic rings. The summed E-state index contributed by atoms with van der Waals surface area (Å²) >= 11 is 6.15. The van der Waals surface area contributed by atoms with Crippen LogP contribution >= 0.6 is 11.6 Å². The molecule has 2 aromatic heterocycles. The first kappa shape index (κ1) is 18.5. The van der Waals surface area contributed by atoms with Gasteiger partial charge in [0.15, 0.2) is 0 Å². The highest BCUT2D eigenvalue weighted by molar-refractivity contribution is 6.32. The number of primary amides is 1. The van der Waals surface area contributed by atoms with Crippen LogP contribution in [0.3, 0.4) is 0 Å². The Balaban J connectivity index is 2.00. The number of nitrogens with zero attached hydrogens (tertiary/aromatic N) is 4. The SMILES string of the molecule is Cc1nn(Cc2cnc(F)c(C(N)=O)c2)c(C)c1-c1ccc(C#N)c(Cl)c1. The molecular weight excluding hydrogens is 369 g/mol. The smallest absolute Gasteiger partial charge is 0.253 e. The lowest BCUT2D eigenvalue weighted by Crippen LogP contribution is -2.15. The van der Waals surface area contributed by atoms with Crippen LogP contribution in [0.4, 0.5) is 4.39 Å². The maximum atomic E-state index is 13.6. The van der Waals surface area contributed by atoms with E-state index in [1.165, 1.54) is 12.3 Å². The second kappa shape index (κ2) is 7.17. The van der Waals surface area contributed by atoms with Gasteiger partial charge in [0.2, 0.25) is 5.95 Å². The zero-order valence-electron chi connectivity index (χ0n) is 14.6. The number of amides is 1. The molecule has 6 nitrogen and oxygen atoms in total. The molecule has 0 aliphatic heterocycles. The summed E-state index contributed by atoms with van der Waals surface area (Å²) in [5.74, 6) is -1.77. The summed E-state index contributed by atoms with van der Waals surface area (Å²) in [6, 6.07) is 8.61. The van der Waals surface area contributed by atoms with Gasteiger partial charge in [0.05, 0.1) is 28.4 Å². The van der Waals surface area contributed by atoms with Gasteiger partial charge in [-0.2, -0.15) is 14.8 Å². The third kappa shape index (κ3) is 3.52. The fourth-order valence-corrected chi connectivity index (χ4v) is 3.18. The highest BCUT2D eigenvalue weighted by Gasteiger charge is 2.16. The van der Waals surface area contributed by atoms with Crippen molar-refractivity contribution in [1.29, 1.82) is 5.26 Å². The maximum absolute atomic E-state index is 13.6. The molecule has 0 fully saturated rings. The highest BCUT2D eigenvalue weighted by Crippen LogP contribution is 2.30. The van der Waals surface area contributed by atoms with Crippen LogP contribution in [0, 0.1) is 31.1 Å². The van der Waals surface area contributed by atoms with E-state index in [9.17, 15) is 9.18 Å². The molecule has 0 aliphatic carbocycles. The summed E-state index contributed by atoms with van der Waals surface area (Å²) in [5, 5.41) is 13.9. The van der Waals surface area contributed by atoms with E-state index in [-0.39, 0.29) is 5.56 Å². The van der Waals surface area contributed by atoms with Crippen molar-refractivity contribution in [2.24, 2.45) is 5.73 Å². The van der Waals surface area contributed by atoms with Crippen molar-refractivity contribution in [2.75, 3.05) is 0 Å². The van der Waals surface area contributed by atoms with Gasteiger partial charge >= 0.3 is 0 Å². The third-order valence-corrected chi connectivity index (χ3v) is 4.57. The first-order valence-corrected chi connectivity index (χ1v) is 8.38. The fraction of sp³-hybridized carbons (Fsp3) is 0.158. The summed E-state index contributed by atoms with van der Waals surface area (Å²) in [6.07, 6.45) is 1.34. The van der Waals surface area contributed by atoms with Crippen LogP contribution in [-0.2, 0) is 6.54 Å². The van der Waals surface area contributed by atoms with E-state index in [1.807, 2.05) is 26.0 Å². The van der Waals surface area contributed by atoms with Gasteiger partial charge in [-0.3, -0.25) is 9.48 Å². The predicted octanol–water partition coefficient (Wildman–Crippen LogP) is 3.37. The van der Waals surface area contributed by atoms with Crippen molar-refractivity contribution < 1.29 is 9.18 Å². The summed E-state index contributed by atoms with van der Waals surface area (Å²) in [7, 11) is 0. The molecule has 0 atom stereocenters.